The number of rotatable bonds is 11. The second-order valence-electron chi connectivity index (χ2n) is 12.2. The fourth-order valence-corrected chi connectivity index (χ4v) is 6.99. The van der Waals surface area contributed by atoms with Gasteiger partial charge in [-0.1, -0.05) is 36.8 Å². The Morgan fingerprint density at radius 2 is 1.89 bits per heavy atom. The van der Waals surface area contributed by atoms with Crippen LogP contribution >= 0.6 is 0 Å². The summed E-state index contributed by atoms with van der Waals surface area (Å²) in [5.74, 6) is 0.654. The molecule has 10 nitrogen and oxygen atoms in total. The summed E-state index contributed by atoms with van der Waals surface area (Å²) in [6, 6.07) is 14.5. The first-order chi connectivity index (χ1) is 21.8. The molecule has 0 radical (unpaired) electrons. The van der Waals surface area contributed by atoms with E-state index in [-0.39, 0.29) is 24.5 Å². The number of esters is 1. The van der Waals surface area contributed by atoms with Crippen LogP contribution in [0.1, 0.15) is 78.6 Å². The average molecular weight is 616 g/mol. The summed E-state index contributed by atoms with van der Waals surface area (Å²) in [6.07, 6.45) is 9.56. The van der Waals surface area contributed by atoms with Gasteiger partial charge in [-0.05, 0) is 99.1 Å². The maximum atomic E-state index is 13.5. The van der Waals surface area contributed by atoms with Gasteiger partial charge in [0.2, 0.25) is 0 Å². The highest BCUT2D eigenvalue weighted by Crippen LogP contribution is 2.39. The number of nitrogens with two attached hydrogens (primary N) is 1. The molecule has 0 spiro atoms. The number of benzene rings is 1. The van der Waals surface area contributed by atoms with E-state index in [0.717, 1.165) is 70.1 Å². The largest absolute Gasteiger partial charge is 0.464 e. The molecule has 1 saturated heterocycles. The predicted octanol–water partition coefficient (Wildman–Crippen LogP) is 5.21. The first-order valence-electron chi connectivity index (χ1n) is 16.2. The molecule has 3 unspecified atom stereocenters. The maximum Gasteiger partial charge on any atom is 0.328 e. The van der Waals surface area contributed by atoms with Crippen LogP contribution < -0.4 is 16.0 Å². The second kappa shape index (κ2) is 15.2. The molecule has 2 aromatic heterocycles. The fourth-order valence-electron chi connectivity index (χ4n) is 6.99. The van der Waals surface area contributed by atoms with E-state index in [4.69, 9.17) is 14.9 Å². The Balaban J connectivity index is 1.22. The van der Waals surface area contributed by atoms with Crippen molar-refractivity contribution in [2.75, 3.05) is 31.1 Å². The number of piperidine rings is 1. The molecule has 2 fully saturated rings. The van der Waals surface area contributed by atoms with Crippen LogP contribution in [0, 0.1) is 12.8 Å². The van der Waals surface area contributed by atoms with Crippen molar-refractivity contribution in [3.8, 4) is 0 Å². The molecule has 3 heterocycles. The number of ether oxygens (including phenoxy) is 1. The van der Waals surface area contributed by atoms with Crippen molar-refractivity contribution in [2.24, 2.45) is 11.7 Å². The summed E-state index contributed by atoms with van der Waals surface area (Å²) in [6.45, 7) is 6.69. The number of carbonyl (C=O) groups excluding carboxylic acids is 3. The maximum absolute atomic E-state index is 13.5. The number of primary amides is 1. The van der Waals surface area contributed by atoms with Gasteiger partial charge >= 0.3 is 12.0 Å². The van der Waals surface area contributed by atoms with Crippen LogP contribution in [0.15, 0.2) is 65.4 Å². The Labute approximate surface area is 265 Å². The SMILES string of the molecule is CCOC(=O)C(NC(N)=O)C1CCCC(c2ccccc2CCN2CCC(N(C(=O)c3ccco3)c3ccc(C)cn3)CC2)C1. The molecular formula is C35H45N5O5. The molecule has 1 saturated carbocycles. The van der Waals surface area contributed by atoms with Crippen molar-refractivity contribution in [2.45, 2.75) is 76.8 Å². The monoisotopic (exact) mass is 615 g/mol. The van der Waals surface area contributed by atoms with Crippen molar-refractivity contribution in [1.82, 2.24) is 15.2 Å². The van der Waals surface area contributed by atoms with Gasteiger partial charge in [0.05, 0.1) is 12.9 Å². The molecule has 3 N–H and O–H groups in total. The Morgan fingerprint density at radius 3 is 2.58 bits per heavy atom. The van der Waals surface area contributed by atoms with Crippen LogP contribution in [-0.4, -0.2) is 66.1 Å². The molecule has 240 valence electrons. The number of anilines is 1. The summed E-state index contributed by atoms with van der Waals surface area (Å²) < 4.78 is 10.7. The number of nitrogens with one attached hydrogen (secondary N) is 1. The highest BCUT2D eigenvalue weighted by Gasteiger charge is 2.36. The van der Waals surface area contributed by atoms with Crippen LogP contribution in [0.25, 0.3) is 0 Å². The molecule has 0 bridgehead atoms. The molecule has 10 heteroatoms. The molecule has 1 aliphatic carbocycles. The third kappa shape index (κ3) is 8.11. The van der Waals surface area contributed by atoms with Gasteiger partial charge in [-0.3, -0.25) is 9.69 Å². The van der Waals surface area contributed by atoms with Gasteiger partial charge in [0.25, 0.3) is 5.91 Å². The molecule has 3 amide bonds. The van der Waals surface area contributed by atoms with Crippen LogP contribution in [0.5, 0.6) is 0 Å². The standard InChI is InChI=1S/C35H45N5O5/c1-3-44-34(42)32(38-35(36)43)27-10-6-9-26(22-27)29-11-5-4-8-25(29)15-18-39-19-16-28(17-20-39)40(31-14-13-24(2)23-37-31)33(41)30-12-7-21-45-30/h4-5,7-8,11-14,21,23,26-28,32H,3,6,9-10,15-20,22H2,1-2H3,(H3,36,38,43). The van der Waals surface area contributed by atoms with Gasteiger partial charge in [-0.25, -0.2) is 14.6 Å². The van der Waals surface area contributed by atoms with Crippen LogP contribution in [0.4, 0.5) is 10.6 Å². The first kappa shape index (κ1) is 32.2. The average Bonchev–Trinajstić information content (AvgIpc) is 3.60. The number of hydrogen-bond donors (Lipinski definition) is 2. The lowest BCUT2D eigenvalue weighted by molar-refractivity contribution is -0.147. The molecule has 5 rings (SSSR count). The van der Waals surface area contributed by atoms with Gasteiger partial charge in [-0.15, -0.1) is 0 Å². The number of pyridine rings is 1. The van der Waals surface area contributed by atoms with E-state index in [1.54, 1.807) is 30.2 Å². The smallest absolute Gasteiger partial charge is 0.328 e. The number of amides is 3. The van der Waals surface area contributed by atoms with Crippen molar-refractivity contribution >= 4 is 23.7 Å². The summed E-state index contributed by atoms with van der Waals surface area (Å²) in [4.78, 5) is 46.7. The number of aryl methyl sites for hydroxylation is 1. The van der Waals surface area contributed by atoms with E-state index in [1.165, 1.54) is 17.4 Å². The van der Waals surface area contributed by atoms with Crippen molar-refractivity contribution < 1.29 is 23.5 Å². The molecule has 2 aliphatic rings. The van der Waals surface area contributed by atoms with Gasteiger partial charge in [-0.2, -0.15) is 0 Å². The van der Waals surface area contributed by atoms with E-state index >= 15 is 0 Å². The fraction of sp³-hybridized carbons (Fsp3) is 0.486. The highest BCUT2D eigenvalue weighted by atomic mass is 16.5. The summed E-state index contributed by atoms with van der Waals surface area (Å²) in [7, 11) is 0. The normalized spacial score (nSPS) is 19.9. The van der Waals surface area contributed by atoms with Crippen LogP contribution in [0.3, 0.4) is 0 Å². The first-order valence-corrected chi connectivity index (χ1v) is 16.2. The number of urea groups is 1. The van der Waals surface area contributed by atoms with E-state index in [1.807, 2.05) is 19.1 Å². The minimum atomic E-state index is -0.729. The Bertz CT molecular complexity index is 1420. The Morgan fingerprint density at radius 1 is 1.09 bits per heavy atom. The molecule has 3 atom stereocenters. The zero-order valence-corrected chi connectivity index (χ0v) is 26.3. The third-order valence-electron chi connectivity index (χ3n) is 9.23. The quantitative estimate of drug-likeness (QED) is 0.283. The number of carbonyl (C=O) groups is 3. The van der Waals surface area contributed by atoms with E-state index in [9.17, 15) is 14.4 Å². The molecule has 3 aromatic rings. The molecule has 1 aliphatic heterocycles. The van der Waals surface area contributed by atoms with Gasteiger partial charge < -0.3 is 25.1 Å². The summed E-state index contributed by atoms with van der Waals surface area (Å²) >= 11 is 0. The third-order valence-corrected chi connectivity index (χ3v) is 9.23. The number of nitrogens with zero attached hydrogens (tertiary/aromatic N) is 3. The van der Waals surface area contributed by atoms with E-state index in [0.29, 0.717) is 17.5 Å². The Kier molecular flexibility index (Phi) is 10.9. The molecule has 45 heavy (non-hydrogen) atoms. The van der Waals surface area contributed by atoms with Crippen molar-refractivity contribution in [1.29, 1.82) is 0 Å². The minimum Gasteiger partial charge on any atom is -0.464 e. The topological polar surface area (TPSA) is 131 Å². The zero-order chi connectivity index (χ0) is 31.8. The minimum absolute atomic E-state index is 0.0295. The number of aromatic nitrogens is 1. The number of hydrogen-bond acceptors (Lipinski definition) is 7. The molecular weight excluding hydrogens is 570 g/mol. The molecule has 1 aromatic carbocycles. The summed E-state index contributed by atoms with van der Waals surface area (Å²) in [5.41, 5.74) is 9.11. The van der Waals surface area contributed by atoms with Gasteiger partial charge in [0.15, 0.2) is 5.76 Å². The lowest BCUT2D eigenvalue weighted by Crippen LogP contribution is -2.49. The second-order valence-corrected chi connectivity index (χ2v) is 12.2. The highest BCUT2D eigenvalue weighted by molar-refractivity contribution is 6.04. The van der Waals surface area contributed by atoms with Gasteiger partial charge in [0.1, 0.15) is 11.9 Å². The lowest BCUT2D eigenvalue weighted by Gasteiger charge is -2.38. The zero-order valence-electron chi connectivity index (χ0n) is 26.3. The van der Waals surface area contributed by atoms with E-state index in [2.05, 4.69) is 39.5 Å². The van der Waals surface area contributed by atoms with Crippen molar-refractivity contribution in [3.63, 3.8) is 0 Å². The van der Waals surface area contributed by atoms with Crippen LogP contribution in [-0.2, 0) is 16.0 Å². The van der Waals surface area contributed by atoms with E-state index < -0.39 is 18.0 Å². The summed E-state index contributed by atoms with van der Waals surface area (Å²) in [5, 5.41) is 2.65. The number of furan rings is 1. The van der Waals surface area contributed by atoms with Gasteiger partial charge in [0, 0.05) is 31.9 Å². The lowest BCUT2D eigenvalue weighted by atomic mass is 9.74. The predicted molar refractivity (Wildman–Crippen MR) is 172 cm³/mol. The van der Waals surface area contributed by atoms with Crippen LogP contribution in [0.2, 0.25) is 0 Å². The van der Waals surface area contributed by atoms with Crippen molar-refractivity contribution in [3.05, 3.63) is 83.4 Å². The number of likely N-dealkylation sites (tertiary alicyclic amines) is 1. The Hall–Kier alpha value is -4.18.